The van der Waals surface area contributed by atoms with E-state index in [9.17, 15) is 9.18 Å². The molecule has 0 amide bonds. The van der Waals surface area contributed by atoms with Crippen LogP contribution in [0.15, 0.2) is 18.2 Å². The highest BCUT2D eigenvalue weighted by molar-refractivity contribution is 6.30. The summed E-state index contributed by atoms with van der Waals surface area (Å²) in [5, 5.41) is 0.308. The van der Waals surface area contributed by atoms with E-state index in [1.54, 1.807) is 6.07 Å². The van der Waals surface area contributed by atoms with Crippen molar-refractivity contribution in [3.63, 3.8) is 0 Å². The first-order valence-electron chi connectivity index (χ1n) is 13.2. The maximum absolute atomic E-state index is 14.0. The van der Waals surface area contributed by atoms with Gasteiger partial charge in [0, 0.05) is 5.02 Å². The Morgan fingerprint density at radius 2 is 1.59 bits per heavy atom. The zero-order valence-electron chi connectivity index (χ0n) is 19.7. The van der Waals surface area contributed by atoms with Crippen molar-refractivity contribution < 1.29 is 13.9 Å². The Kier molecular flexibility index (Phi) is 8.54. The highest BCUT2D eigenvalue weighted by Crippen LogP contribution is 2.49. The number of fused-ring (bicyclic) bond motifs is 1. The van der Waals surface area contributed by atoms with Crippen molar-refractivity contribution in [3.8, 4) is 5.75 Å². The minimum atomic E-state index is -0.573. The molecule has 32 heavy (non-hydrogen) atoms. The fourth-order valence-corrected chi connectivity index (χ4v) is 7.13. The molecule has 2 nitrogen and oxygen atoms in total. The van der Waals surface area contributed by atoms with Gasteiger partial charge < -0.3 is 4.74 Å². The third-order valence-electron chi connectivity index (χ3n) is 8.85. The molecule has 178 valence electrons. The van der Waals surface area contributed by atoms with Crippen LogP contribution >= 0.6 is 11.6 Å². The second-order valence-electron chi connectivity index (χ2n) is 10.9. The Morgan fingerprint density at radius 3 is 2.31 bits per heavy atom. The van der Waals surface area contributed by atoms with Crippen LogP contribution in [-0.2, 0) is 4.79 Å². The van der Waals surface area contributed by atoms with Crippen molar-refractivity contribution >= 4 is 17.6 Å². The highest BCUT2D eigenvalue weighted by atomic mass is 35.5. The lowest BCUT2D eigenvalue weighted by molar-refractivity contribution is -0.140. The molecule has 3 fully saturated rings. The second-order valence-corrected chi connectivity index (χ2v) is 11.3. The molecule has 4 heteroatoms. The number of benzene rings is 1. The molecule has 3 aliphatic carbocycles. The number of hydrogen-bond donors (Lipinski definition) is 0. The standard InChI is InChI=1S/C28H40ClFO2/c1-2-3-4-5-19-6-7-24-17-23(13-12-22(24)16-19)20-8-10-21(11-9-20)28(31)32-27-15-14-25(29)18-26(27)30/h14-15,18-24H,2-13,16-17H2,1H3. The molecule has 0 spiro atoms. The van der Waals surface area contributed by atoms with E-state index in [1.807, 2.05) is 0 Å². The van der Waals surface area contributed by atoms with Gasteiger partial charge in [-0.25, -0.2) is 4.39 Å². The molecule has 1 aromatic rings. The van der Waals surface area contributed by atoms with Crippen LogP contribution in [0.4, 0.5) is 4.39 Å². The molecule has 3 aliphatic rings. The lowest BCUT2D eigenvalue weighted by Crippen LogP contribution is -2.35. The van der Waals surface area contributed by atoms with E-state index >= 15 is 0 Å². The minimum absolute atomic E-state index is 0.00913. The fourth-order valence-electron chi connectivity index (χ4n) is 6.97. The number of ether oxygens (including phenoxy) is 1. The monoisotopic (exact) mass is 462 g/mol. The van der Waals surface area contributed by atoms with Crippen LogP contribution in [0.3, 0.4) is 0 Å². The van der Waals surface area contributed by atoms with Gasteiger partial charge in [-0.2, -0.15) is 0 Å². The number of esters is 1. The summed E-state index contributed by atoms with van der Waals surface area (Å²) in [5.41, 5.74) is 0. The summed E-state index contributed by atoms with van der Waals surface area (Å²) >= 11 is 5.79. The highest BCUT2D eigenvalue weighted by Gasteiger charge is 2.39. The van der Waals surface area contributed by atoms with Crippen LogP contribution in [0.5, 0.6) is 5.75 Å². The van der Waals surface area contributed by atoms with Crippen molar-refractivity contribution in [1.29, 1.82) is 0 Å². The predicted octanol–water partition coefficient (Wildman–Crippen LogP) is 8.60. The Balaban J connectivity index is 1.21. The Bertz CT molecular complexity index is 758. The molecule has 0 heterocycles. The number of hydrogen-bond acceptors (Lipinski definition) is 2. The van der Waals surface area contributed by atoms with E-state index in [2.05, 4.69) is 6.92 Å². The summed E-state index contributed by atoms with van der Waals surface area (Å²) in [7, 11) is 0. The van der Waals surface area contributed by atoms with Gasteiger partial charge >= 0.3 is 5.97 Å². The molecule has 0 N–H and O–H groups in total. The number of rotatable bonds is 7. The molecule has 0 aromatic heterocycles. The van der Waals surface area contributed by atoms with Gasteiger partial charge in [0.15, 0.2) is 11.6 Å². The van der Waals surface area contributed by atoms with Crippen LogP contribution < -0.4 is 4.74 Å². The molecule has 4 rings (SSSR count). The SMILES string of the molecule is CCCCCC1CCC2CC(C3CCC(C(=O)Oc4ccc(Cl)cc4F)CC3)CCC2C1. The van der Waals surface area contributed by atoms with Crippen LogP contribution in [-0.4, -0.2) is 5.97 Å². The van der Waals surface area contributed by atoms with Crippen LogP contribution in [0.2, 0.25) is 5.02 Å². The van der Waals surface area contributed by atoms with E-state index in [4.69, 9.17) is 16.3 Å². The topological polar surface area (TPSA) is 26.3 Å². The van der Waals surface area contributed by atoms with Crippen molar-refractivity contribution in [2.75, 3.05) is 0 Å². The minimum Gasteiger partial charge on any atom is -0.423 e. The van der Waals surface area contributed by atoms with Gasteiger partial charge in [-0.15, -0.1) is 0 Å². The quantitative estimate of drug-likeness (QED) is 0.230. The summed E-state index contributed by atoms with van der Waals surface area (Å²) in [6.45, 7) is 2.30. The molecule has 4 atom stereocenters. The Hall–Kier alpha value is -1.09. The van der Waals surface area contributed by atoms with Gasteiger partial charge in [0.1, 0.15) is 0 Å². The lowest BCUT2D eigenvalue weighted by Gasteiger charge is -2.45. The summed E-state index contributed by atoms with van der Waals surface area (Å²) in [4.78, 5) is 12.6. The first kappa shape index (κ1) is 24.0. The number of halogens is 2. The van der Waals surface area contributed by atoms with Gasteiger partial charge in [-0.05, 0) is 106 Å². The molecular formula is C28H40ClFO2. The molecule has 0 bridgehead atoms. The van der Waals surface area contributed by atoms with Gasteiger partial charge in [-0.1, -0.05) is 50.6 Å². The molecular weight excluding hydrogens is 423 g/mol. The molecule has 3 saturated carbocycles. The maximum Gasteiger partial charge on any atom is 0.314 e. The van der Waals surface area contributed by atoms with E-state index in [-0.39, 0.29) is 17.6 Å². The van der Waals surface area contributed by atoms with Crippen LogP contribution in [0, 0.1) is 41.3 Å². The van der Waals surface area contributed by atoms with Crippen molar-refractivity contribution in [1.82, 2.24) is 0 Å². The predicted molar refractivity (Wildman–Crippen MR) is 128 cm³/mol. The van der Waals surface area contributed by atoms with Gasteiger partial charge in [0.2, 0.25) is 0 Å². The zero-order chi connectivity index (χ0) is 22.5. The number of carbonyl (C=O) groups excluding carboxylic acids is 1. The van der Waals surface area contributed by atoms with E-state index in [0.717, 1.165) is 55.3 Å². The first-order valence-corrected chi connectivity index (χ1v) is 13.6. The van der Waals surface area contributed by atoms with Crippen molar-refractivity contribution in [3.05, 3.63) is 29.0 Å². The second kappa shape index (κ2) is 11.4. The number of unbranched alkanes of at least 4 members (excludes halogenated alkanes) is 2. The van der Waals surface area contributed by atoms with Gasteiger partial charge in [0.05, 0.1) is 5.92 Å². The summed E-state index contributed by atoms with van der Waals surface area (Å²) in [6.07, 6.45) is 18.2. The largest absolute Gasteiger partial charge is 0.423 e. The maximum atomic E-state index is 14.0. The average Bonchev–Trinajstić information content (AvgIpc) is 2.81. The van der Waals surface area contributed by atoms with Crippen LogP contribution in [0.1, 0.15) is 96.8 Å². The first-order chi connectivity index (χ1) is 15.5. The molecule has 1 aromatic carbocycles. The van der Waals surface area contributed by atoms with Crippen LogP contribution in [0.25, 0.3) is 0 Å². The molecule has 4 unspecified atom stereocenters. The zero-order valence-corrected chi connectivity index (χ0v) is 20.4. The summed E-state index contributed by atoms with van der Waals surface area (Å²) in [6, 6.07) is 4.19. The van der Waals surface area contributed by atoms with Crippen molar-refractivity contribution in [2.24, 2.45) is 35.5 Å². The summed E-state index contributed by atoms with van der Waals surface area (Å²) in [5.74, 6) is 3.56. The Morgan fingerprint density at radius 1 is 0.938 bits per heavy atom. The lowest BCUT2D eigenvalue weighted by atomic mass is 9.60. The number of carbonyl (C=O) groups is 1. The fraction of sp³-hybridized carbons (Fsp3) is 0.750. The average molecular weight is 463 g/mol. The van der Waals surface area contributed by atoms with E-state index in [0.29, 0.717) is 5.02 Å². The molecule has 0 radical (unpaired) electrons. The third-order valence-corrected chi connectivity index (χ3v) is 9.09. The normalized spacial score (nSPS) is 32.8. The third kappa shape index (κ3) is 6.07. The van der Waals surface area contributed by atoms with Gasteiger partial charge in [-0.3, -0.25) is 4.79 Å². The molecule has 0 aliphatic heterocycles. The Labute approximate surface area is 198 Å². The molecule has 0 saturated heterocycles. The van der Waals surface area contributed by atoms with E-state index < -0.39 is 5.82 Å². The summed E-state index contributed by atoms with van der Waals surface area (Å²) < 4.78 is 19.3. The smallest absolute Gasteiger partial charge is 0.314 e. The van der Waals surface area contributed by atoms with E-state index in [1.165, 1.54) is 76.3 Å². The van der Waals surface area contributed by atoms with Gasteiger partial charge in [0.25, 0.3) is 0 Å². The van der Waals surface area contributed by atoms with Crippen molar-refractivity contribution in [2.45, 2.75) is 96.8 Å².